The summed E-state index contributed by atoms with van der Waals surface area (Å²) in [5.41, 5.74) is 3.39. The Morgan fingerprint density at radius 2 is 1.94 bits per heavy atom. The SMILES string of the molecule is O=C(NC1CCCC1)c1ccc2c(c1)CNC2. The van der Waals surface area contributed by atoms with Crippen LogP contribution in [0.1, 0.15) is 47.2 Å². The largest absolute Gasteiger partial charge is 0.349 e. The fourth-order valence-corrected chi connectivity index (χ4v) is 2.77. The molecule has 90 valence electrons. The first-order valence-electron chi connectivity index (χ1n) is 6.46. The predicted octanol–water partition coefficient (Wildman–Crippen LogP) is 1.96. The number of nitrogens with one attached hydrogen (secondary N) is 2. The lowest BCUT2D eigenvalue weighted by Gasteiger charge is -2.12. The zero-order valence-electron chi connectivity index (χ0n) is 9.96. The highest BCUT2D eigenvalue weighted by molar-refractivity contribution is 5.94. The molecule has 1 aromatic carbocycles. The fourth-order valence-electron chi connectivity index (χ4n) is 2.77. The lowest BCUT2D eigenvalue weighted by molar-refractivity contribution is 0.0938. The molecule has 1 amide bonds. The second-order valence-corrected chi connectivity index (χ2v) is 5.04. The van der Waals surface area contributed by atoms with Crippen LogP contribution in [0.4, 0.5) is 0 Å². The van der Waals surface area contributed by atoms with Crippen molar-refractivity contribution in [3.63, 3.8) is 0 Å². The van der Waals surface area contributed by atoms with Crippen LogP contribution in [0.25, 0.3) is 0 Å². The summed E-state index contributed by atoms with van der Waals surface area (Å²) in [6, 6.07) is 6.43. The molecule has 0 aromatic heterocycles. The summed E-state index contributed by atoms with van der Waals surface area (Å²) in [6.45, 7) is 1.82. The van der Waals surface area contributed by atoms with Crippen molar-refractivity contribution in [3.05, 3.63) is 34.9 Å². The van der Waals surface area contributed by atoms with Gasteiger partial charge in [-0.05, 0) is 36.1 Å². The van der Waals surface area contributed by atoms with E-state index >= 15 is 0 Å². The molecule has 3 nitrogen and oxygen atoms in total. The van der Waals surface area contributed by atoms with Crippen LogP contribution in [-0.2, 0) is 13.1 Å². The third-order valence-corrected chi connectivity index (χ3v) is 3.79. The van der Waals surface area contributed by atoms with Gasteiger partial charge < -0.3 is 10.6 Å². The number of carbonyl (C=O) groups excluding carboxylic acids is 1. The number of carbonyl (C=O) groups is 1. The molecule has 0 saturated heterocycles. The minimum absolute atomic E-state index is 0.0894. The summed E-state index contributed by atoms with van der Waals surface area (Å²) < 4.78 is 0. The Bertz CT molecular complexity index is 436. The Balaban J connectivity index is 1.72. The first-order valence-corrected chi connectivity index (χ1v) is 6.46. The quantitative estimate of drug-likeness (QED) is 0.815. The van der Waals surface area contributed by atoms with Gasteiger partial charge in [-0.3, -0.25) is 4.79 Å². The van der Waals surface area contributed by atoms with E-state index in [2.05, 4.69) is 16.7 Å². The van der Waals surface area contributed by atoms with E-state index in [9.17, 15) is 4.79 Å². The zero-order chi connectivity index (χ0) is 11.7. The molecule has 1 aromatic rings. The molecule has 3 heteroatoms. The van der Waals surface area contributed by atoms with E-state index in [1.54, 1.807) is 0 Å². The van der Waals surface area contributed by atoms with Crippen molar-refractivity contribution in [3.8, 4) is 0 Å². The Kier molecular flexibility index (Phi) is 2.85. The Hall–Kier alpha value is -1.35. The molecule has 17 heavy (non-hydrogen) atoms. The zero-order valence-corrected chi connectivity index (χ0v) is 9.96. The summed E-state index contributed by atoms with van der Waals surface area (Å²) in [7, 11) is 0. The van der Waals surface area contributed by atoms with Crippen molar-refractivity contribution >= 4 is 5.91 Å². The second-order valence-electron chi connectivity index (χ2n) is 5.04. The van der Waals surface area contributed by atoms with Gasteiger partial charge >= 0.3 is 0 Å². The number of benzene rings is 1. The molecule has 2 aliphatic rings. The fraction of sp³-hybridized carbons (Fsp3) is 0.500. The molecular weight excluding hydrogens is 212 g/mol. The van der Waals surface area contributed by atoms with Crippen LogP contribution in [-0.4, -0.2) is 11.9 Å². The number of hydrogen-bond acceptors (Lipinski definition) is 2. The smallest absolute Gasteiger partial charge is 0.251 e. The Labute approximate surface area is 102 Å². The molecule has 1 saturated carbocycles. The van der Waals surface area contributed by atoms with Gasteiger partial charge in [0.05, 0.1) is 0 Å². The van der Waals surface area contributed by atoms with E-state index in [0.717, 1.165) is 31.5 Å². The molecule has 3 rings (SSSR count). The molecule has 1 heterocycles. The molecule has 0 bridgehead atoms. The van der Waals surface area contributed by atoms with E-state index in [1.807, 2.05) is 12.1 Å². The second kappa shape index (κ2) is 4.49. The van der Waals surface area contributed by atoms with Gasteiger partial charge in [0.1, 0.15) is 0 Å². The van der Waals surface area contributed by atoms with Gasteiger partial charge in [0.2, 0.25) is 0 Å². The number of hydrogen-bond donors (Lipinski definition) is 2. The molecule has 0 unspecified atom stereocenters. The third-order valence-electron chi connectivity index (χ3n) is 3.79. The average molecular weight is 230 g/mol. The summed E-state index contributed by atoms with van der Waals surface area (Å²) >= 11 is 0. The first kappa shape index (κ1) is 10.8. The third kappa shape index (κ3) is 2.20. The monoisotopic (exact) mass is 230 g/mol. The lowest BCUT2D eigenvalue weighted by atomic mass is 10.1. The Morgan fingerprint density at radius 3 is 2.76 bits per heavy atom. The van der Waals surface area contributed by atoms with Crippen LogP contribution in [0.15, 0.2) is 18.2 Å². The predicted molar refractivity (Wildman–Crippen MR) is 66.7 cm³/mol. The van der Waals surface area contributed by atoms with Crippen molar-refractivity contribution in [2.75, 3.05) is 0 Å². The maximum atomic E-state index is 12.1. The van der Waals surface area contributed by atoms with Crippen molar-refractivity contribution in [1.29, 1.82) is 0 Å². The van der Waals surface area contributed by atoms with Gasteiger partial charge in [-0.2, -0.15) is 0 Å². The van der Waals surface area contributed by atoms with Crippen LogP contribution in [0.3, 0.4) is 0 Å². The van der Waals surface area contributed by atoms with E-state index in [-0.39, 0.29) is 5.91 Å². The van der Waals surface area contributed by atoms with E-state index in [0.29, 0.717) is 6.04 Å². The van der Waals surface area contributed by atoms with E-state index in [4.69, 9.17) is 0 Å². The molecule has 2 N–H and O–H groups in total. The number of rotatable bonds is 2. The van der Waals surface area contributed by atoms with Crippen LogP contribution in [0.5, 0.6) is 0 Å². The van der Waals surface area contributed by atoms with Crippen LogP contribution in [0, 0.1) is 0 Å². The topological polar surface area (TPSA) is 41.1 Å². The highest BCUT2D eigenvalue weighted by Crippen LogP contribution is 2.20. The van der Waals surface area contributed by atoms with E-state index < -0.39 is 0 Å². The minimum Gasteiger partial charge on any atom is -0.349 e. The Morgan fingerprint density at radius 1 is 1.18 bits per heavy atom. The van der Waals surface area contributed by atoms with Crippen LogP contribution in [0.2, 0.25) is 0 Å². The lowest BCUT2D eigenvalue weighted by Crippen LogP contribution is -2.32. The molecule has 1 aliphatic heterocycles. The number of amides is 1. The van der Waals surface area contributed by atoms with Crippen molar-refractivity contribution in [2.24, 2.45) is 0 Å². The van der Waals surface area contributed by atoms with Gasteiger partial charge in [0.25, 0.3) is 5.91 Å². The molecule has 0 spiro atoms. The summed E-state index contributed by atoms with van der Waals surface area (Å²) in [4.78, 5) is 12.1. The van der Waals surface area contributed by atoms with Gasteiger partial charge in [0.15, 0.2) is 0 Å². The van der Waals surface area contributed by atoms with Gasteiger partial charge in [-0.25, -0.2) is 0 Å². The van der Waals surface area contributed by atoms with Crippen molar-refractivity contribution < 1.29 is 4.79 Å². The van der Waals surface area contributed by atoms with Crippen LogP contribution >= 0.6 is 0 Å². The first-order chi connectivity index (χ1) is 8.33. The average Bonchev–Trinajstić information content (AvgIpc) is 2.97. The standard InChI is InChI=1S/C14H18N2O/c17-14(16-13-3-1-2-4-13)10-5-6-11-8-15-9-12(11)7-10/h5-7,13,15H,1-4,8-9H2,(H,16,17). The van der Waals surface area contributed by atoms with Crippen molar-refractivity contribution in [2.45, 2.75) is 44.8 Å². The highest BCUT2D eigenvalue weighted by Gasteiger charge is 2.19. The molecule has 1 fully saturated rings. The molecule has 0 radical (unpaired) electrons. The summed E-state index contributed by atoms with van der Waals surface area (Å²) in [6.07, 6.45) is 4.77. The van der Waals surface area contributed by atoms with Crippen LogP contribution < -0.4 is 10.6 Å². The maximum Gasteiger partial charge on any atom is 0.251 e. The summed E-state index contributed by atoms with van der Waals surface area (Å²) in [5.74, 6) is 0.0894. The van der Waals surface area contributed by atoms with Gasteiger partial charge in [0, 0.05) is 24.7 Å². The minimum atomic E-state index is 0.0894. The highest BCUT2D eigenvalue weighted by atomic mass is 16.1. The molecule has 0 atom stereocenters. The van der Waals surface area contributed by atoms with E-state index in [1.165, 1.54) is 24.0 Å². The summed E-state index contributed by atoms with van der Waals surface area (Å²) in [5, 5.41) is 6.42. The number of fused-ring (bicyclic) bond motifs is 1. The normalized spacial score (nSPS) is 19.3. The van der Waals surface area contributed by atoms with Crippen molar-refractivity contribution in [1.82, 2.24) is 10.6 Å². The van der Waals surface area contributed by atoms with Gasteiger partial charge in [-0.1, -0.05) is 18.9 Å². The van der Waals surface area contributed by atoms with Gasteiger partial charge in [-0.15, -0.1) is 0 Å². The molecular formula is C14H18N2O. The maximum absolute atomic E-state index is 12.1. The molecule has 1 aliphatic carbocycles.